The quantitative estimate of drug-likeness (QED) is 0.843. The number of likely N-dealkylation sites (tertiary alicyclic amines) is 1. The number of carboxylic acid groups (broad SMARTS) is 1. The van der Waals surface area contributed by atoms with Crippen LogP contribution in [0.1, 0.15) is 30.0 Å². The summed E-state index contributed by atoms with van der Waals surface area (Å²) in [6.45, 7) is 5.61. The first kappa shape index (κ1) is 19.6. The summed E-state index contributed by atoms with van der Waals surface area (Å²) in [4.78, 5) is 28.5. The molecule has 3 rings (SSSR count). The van der Waals surface area contributed by atoms with Crippen LogP contribution < -0.4 is 4.74 Å². The molecule has 2 aliphatic rings. The second-order valence-electron chi connectivity index (χ2n) is 7.21. The van der Waals surface area contributed by atoms with Gasteiger partial charge in [-0.25, -0.2) is 0 Å². The zero-order chi connectivity index (χ0) is 19.4. The van der Waals surface area contributed by atoms with Crippen LogP contribution in [0.25, 0.3) is 0 Å². The number of aryl methyl sites for hydroxylation is 1. The molecule has 1 atom stereocenters. The number of amides is 1. The fraction of sp³-hybridized carbons (Fsp3) is 0.600. The van der Waals surface area contributed by atoms with Crippen LogP contribution in [0.2, 0.25) is 0 Å². The van der Waals surface area contributed by atoms with Gasteiger partial charge in [-0.15, -0.1) is 0 Å². The van der Waals surface area contributed by atoms with Crippen LogP contribution in [0.15, 0.2) is 18.2 Å². The normalized spacial score (nSPS) is 20.3. The van der Waals surface area contributed by atoms with E-state index in [1.165, 1.54) is 0 Å². The second-order valence-corrected chi connectivity index (χ2v) is 7.21. The van der Waals surface area contributed by atoms with Crippen molar-refractivity contribution in [3.05, 3.63) is 29.3 Å². The molecule has 0 radical (unpaired) electrons. The van der Waals surface area contributed by atoms with E-state index in [2.05, 4.69) is 0 Å². The number of ether oxygens (including phenoxy) is 2. The Morgan fingerprint density at radius 3 is 2.41 bits per heavy atom. The van der Waals surface area contributed by atoms with Gasteiger partial charge in [0.1, 0.15) is 11.8 Å². The summed E-state index contributed by atoms with van der Waals surface area (Å²) in [5.74, 6) is 0.0210. The molecular weight excluding hydrogens is 348 g/mol. The monoisotopic (exact) mass is 376 g/mol. The summed E-state index contributed by atoms with van der Waals surface area (Å²) in [5.41, 5.74) is 1.68. The number of methoxy groups -OCH3 is 1. The van der Waals surface area contributed by atoms with Crippen molar-refractivity contribution >= 4 is 11.9 Å². The Morgan fingerprint density at radius 2 is 1.85 bits per heavy atom. The first-order valence-corrected chi connectivity index (χ1v) is 9.49. The van der Waals surface area contributed by atoms with Gasteiger partial charge in [-0.1, -0.05) is 6.07 Å². The minimum absolute atomic E-state index is 0.0224. The summed E-state index contributed by atoms with van der Waals surface area (Å²) in [5, 5.41) is 9.85. The van der Waals surface area contributed by atoms with Crippen molar-refractivity contribution in [1.29, 1.82) is 0 Å². The maximum Gasteiger partial charge on any atom is 0.325 e. The fourth-order valence-electron chi connectivity index (χ4n) is 4.01. The van der Waals surface area contributed by atoms with Crippen molar-refractivity contribution in [3.8, 4) is 5.75 Å². The molecule has 0 aliphatic carbocycles. The van der Waals surface area contributed by atoms with E-state index < -0.39 is 12.0 Å². The summed E-state index contributed by atoms with van der Waals surface area (Å²) in [6, 6.07) is 4.79. The van der Waals surface area contributed by atoms with Gasteiger partial charge >= 0.3 is 5.97 Å². The van der Waals surface area contributed by atoms with Crippen molar-refractivity contribution in [2.24, 2.45) is 5.92 Å². The third-order valence-electron chi connectivity index (χ3n) is 5.57. The number of hydrogen-bond donors (Lipinski definition) is 1. The maximum absolute atomic E-state index is 12.7. The van der Waals surface area contributed by atoms with E-state index in [-0.39, 0.29) is 11.8 Å². The molecular formula is C20H28N2O5. The van der Waals surface area contributed by atoms with E-state index in [4.69, 9.17) is 9.47 Å². The largest absolute Gasteiger partial charge is 0.497 e. The van der Waals surface area contributed by atoms with Gasteiger partial charge in [-0.05, 0) is 43.0 Å². The van der Waals surface area contributed by atoms with E-state index in [0.717, 1.165) is 16.9 Å². The molecule has 2 saturated heterocycles. The van der Waals surface area contributed by atoms with E-state index in [0.29, 0.717) is 52.2 Å². The van der Waals surface area contributed by atoms with Gasteiger partial charge in [0.05, 0.1) is 20.3 Å². The van der Waals surface area contributed by atoms with Crippen LogP contribution in [0, 0.1) is 12.8 Å². The van der Waals surface area contributed by atoms with Gasteiger partial charge in [0.25, 0.3) is 0 Å². The molecule has 7 heteroatoms. The minimum atomic E-state index is -0.860. The Hall–Kier alpha value is -2.12. The second kappa shape index (κ2) is 8.71. The molecule has 0 spiro atoms. The van der Waals surface area contributed by atoms with Gasteiger partial charge in [-0.2, -0.15) is 0 Å². The highest BCUT2D eigenvalue weighted by Crippen LogP contribution is 2.31. The zero-order valence-corrected chi connectivity index (χ0v) is 16.0. The molecule has 0 unspecified atom stereocenters. The molecule has 0 bridgehead atoms. The molecule has 1 aromatic rings. The highest BCUT2D eigenvalue weighted by atomic mass is 16.5. The van der Waals surface area contributed by atoms with E-state index >= 15 is 0 Å². The minimum Gasteiger partial charge on any atom is -0.497 e. The van der Waals surface area contributed by atoms with Gasteiger partial charge in [-0.3, -0.25) is 14.5 Å². The van der Waals surface area contributed by atoms with Gasteiger partial charge in [0.2, 0.25) is 5.91 Å². The number of piperidine rings is 1. The SMILES string of the molecule is COc1ccc([C@@H](C(=O)O)N2CCC(C(=O)N3CCOCC3)CC2)c(C)c1. The number of nitrogens with zero attached hydrogens (tertiary/aromatic N) is 2. The number of carbonyl (C=O) groups is 2. The first-order chi connectivity index (χ1) is 13.0. The van der Waals surface area contributed by atoms with Crippen molar-refractivity contribution in [1.82, 2.24) is 9.80 Å². The standard InChI is InChI=1S/C20H28N2O5/c1-14-13-16(26-2)3-4-17(14)18(20(24)25)21-7-5-15(6-8-21)19(23)22-9-11-27-12-10-22/h3-4,13,15,18H,5-12H2,1-2H3,(H,24,25)/t18-/m0/s1. The smallest absolute Gasteiger partial charge is 0.325 e. The number of carboxylic acids is 1. The summed E-state index contributed by atoms with van der Waals surface area (Å²) in [6.07, 6.45) is 1.38. The van der Waals surface area contributed by atoms with E-state index in [1.807, 2.05) is 28.9 Å². The molecule has 0 saturated carbocycles. The number of carbonyl (C=O) groups excluding carboxylic acids is 1. The van der Waals surface area contributed by atoms with Gasteiger partial charge in [0.15, 0.2) is 0 Å². The highest BCUT2D eigenvalue weighted by molar-refractivity contribution is 5.79. The number of benzene rings is 1. The van der Waals surface area contributed by atoms with Crippen molar-refractivity contribution in [2.45, 2.75) is 25.8 Å². The van der Waals surface area contributed by atoms with E-state index in [1.54, 1.807) is 13.2 Å². The molecule has 148 valence electrons. The number of morpholine rings is 1. The Labute approximate surface area is 159 Å². The lowest BCUT2D eigenvalue weighted by atomic mass is 9.91. The average Bonchev–Trinajstić information content (AvgIpc) is 2.69. The lowest BCUT2D eigenvalue weighted by Crippen LogP contribution is -2.48. The fourth-order valence-corrected chi connectivity index (χ4v) is 4.01. The Balaban J connectivity index is 1.67. The Morgan fingerprint density at radius 1 is 1.19 bits per heavy atom. The molecule has 0 aromatic heterocycles. The Bertz CT molecular complexity index is 679. The third-order valence-corrected chi connectivity index (χ3v) is 5.57. The molecule has 1 amide bonds. The van der Waals surface area contributed by atoms with Gasteiger partial charge < -0.3 is 19.5 Å². The van der Waals surface area contributed by atoms with Crippen LogP contribution in [0.5, 0.6) is 5.75 Å². The summed E-state index contributed by atoms with van der Waals surface area (Å²) < 4.78 is 10.5. The molecule has 2 aliphatic heterocycles. The van der Waals surface area contributed by atoms with Crippen LogP contribution >= 0.6 is 0 Å². The zero-order valence-electron chi connectivity index (χ0n) is 16.0. The van der Waals surface area contributed by atoms with Crippen LogP contribution in [0.3, 0.4) is 0 Å². The molecule has 2 fully saturated rings. The van der Waals surface area contributed by atoms with Crippen LogP contribution in [-0.4, -0.2) is 73.3 Å². The van der Waals surface area contributed by atoms with E-state index in [9.17, 15) is 14.7 Å². The molecule has 2 heterocycles. The topological polar surface area (TPSA) is 79.3 Å². The Kier molecular flexibility index (Phi) is 6.34. The van der Waals surface area contributed by atoms with Crippen molar-refractivity contribution in [3.63, 3.8) is 0 Å². The predicted molar refractivity (Wildman–Crippen MR) is 99.8 cm³/mol. The lowest BCUT2D eigenvalue weighted by molar-refractivity contribution is -0.145. The van der Waals surface area contributed by atoms with Crippen molar-refractivity contribution in [2.75, 3.05) is 46.5 Å². The molecule has 27 heavy (non-hydrogen) atoms. The van der Waals surface area contributed by atoms with Crippen LogP contribution in [0.4, 0.5) is 0 Å². The number of hydrogen-bond acceptors (Lipinski definition) is 5. The van der Waals surface area contributed by atoms with Crippen molar-refractivity contribution < 1.29 is 24.2 Å². The molecule has 7 nitrogen and oxygen atoms in total. The van der Waals surface area contributed by atoms with Crippen LogP contribution in [-0.2, 0) is 14.3 Å². The number of rotatable bonds is 5. The average molecular weight is 376 g/mol. The summed E-state index contributed by atoms with van der Waals surface area (Å²) >= 11 is 0. The first-order valence-electron chi connectivity index (χ1n) is 9.49. The number of aliphatic carboxylic acids is 1. The summed E-state index contributed by atoms with van der Waals surface area (Å²) in [7, 11) is 1.60. The highest BCUT2D eigenvalue weighted by Gasteiger charge is 2.35. The lowest BCUT2D eigenvalue weighted by Gasteiger charge is -2.38. The van der Waals surface area contributed by atoms with Gasteiger partial charge in [0, 0.05) is 32.1 Å². The maximum atomic E-state index is 12.7. The predicted octanol–water partition coefficient (Wildman–Crippen LogP) is 1.70. The molecule has 1 aromatic carbocycles. The third kappa shape index (κ3) is 4.42. The molecule has 1 N–H and O–H groups in total.